The summed E-state index contributed by atoms with van der Waals surface area (Å²) in [5.74, 6) is -2.92. The number of carbonyl (C=O) groups is 2. The minimum Gasteiger partial charge on any atom is -0.491 e. The van der Waals surface area contributed by atoms with Crippen LogP contribution >= 0.6 is 11.6 Å². The highest BCUT2D eigenvalue weighted by atomic mass is 35.5. The number of amides is 1. The number of aliphatic hydroxyl groups is 1. The van der Waals surface area contributed by atoms with Gasteiger partial charge in [-0.3, -0.25) is 10.2 Å². The first-order chi connectivity index (χ1) is 14.3. The van der Waals surface area contributed by atoms with E-state index >= 15 is 0 Å². The molecule has 0 aliphatic carbocycles. The van der Waals surface area contributed by atoms with Crippen LogP contribution in [0.5, 0.6) is 5.88 Å². The number of carbonyl (C=O) groups excluding carboxylic acids is 1. The first kappa shape index (κ1) is 21.3. The molecule has 1 aromatic heterocycles. The maximum atomic E-state index is 12.2. The Hall–Kier alpha value is -3.40. The standard InChI is InChI=1S/C20H18ClN3O6/c21-15-4-2-1-3-14(15)13-7-5-12(6-8-13)10-24(11-16(25)20(28)29)22-19(27)17-9-18(26)23-30-17/h1-9,16,25H,10-11H2,(H,22,27)(H,23,26)(H,28,29). The van der Waals surface area contributed by atoms with Gasteiger partial charge in [-0.25, -0.2) is 9.80 Å². The van der Waals surface area contributed by atoms with Crippen molar-refractivity contribution in [2.75, 3.05) is 6.54 Å². The van der Waals surface area contributed by atoms with E-state index in [-0.39, 0.29) is 18.8 Å². The average molecular weight is 432 g/mol. The number of halogens is 1. The molecule has 4 N–H and O–H groups in total. The van der Waals surface area contributed by atoms with Crippen molar-refractivity contribution < 1.29 is 29.4 Å². The average Bonchev–Trinajstić information content (AvgIpc) is 3.15. The number of aliphatic carboxylic acids is 1. The maximum Gasteiger partial charge on any atom is 0.333 e. The highest BCUT2D eigenvalue weighted by Crippen LogP contribution is 2.27. The van der Waals surface area contributed by atoms with Crippen LogP contribution in [0.4, 0.5) is 0 Å². The van der Waals surface area contributed by atoms with Crippen LogP contribution in [0.3, 0.4) is 0 Å². The Balaban J connectivity index is 1.75. The minimum absolute atomic E-state index is 0.0962. The van der Waals surface area contributed by atoms with Gasteiger partial charge >= 0.3 is 11.9 Å². The van der Waals surface area contributed by atoms with Gasteiger partial charge in [0.1, 0.15) is 0 Å². The number of benzene rings is 2. The normalized spacial score (nSPS) is 12.0. The third-order valence-electron chi connectivity index (χ3n) is 4.17. The van der Waals surface area contributed by atoms with Gasteiger partial charge < -0.3 is 19.8 Å². The molecule has 1 unspecified atom stereocenters. The van der Waals surface area contributed by atoms with E-state index in [1.165, 1.54) is 5.01 Å². The molecule has 1 amide bonds. The molecule has 10 heteroatoms. The molecular formula is C20H18ClN3O6. The monoisotopic (exact) mass is 431 g/mol. The van der Waals surface area contributed by atoms with Crippen molar-refractivity contribution in [3.8, 4) is 17.0 Å². The van der Waals surface area contributed by atoms with Crippen LogP contribution in [0.2, 0.25) is 5.02 Å². The summed E-state index contributed by atoms with van der Waals surface area (Å²) in [6.45, 7) is -0.285. The Labute approximate surface area is 176 Å². The van der Waals surface area contributed by atoms with E-state index in [0.29, 0.717) is 5.02 Å². The lowest BCUT2D eigenvalue weighted by Gasteiger charge is -2.24. The zero-order valence-electron chi connectivity index (χ0n) is 15.5. The lowest BCUT2D eigenvalue weighted by atomic mass is 10.0. The third-order valence-corrected chi connectivity index (χ3v) is 4.50. The van der Waals surface area contributed by atoms with Crippen molar-refractivity contribution in [1.82, 2.24) is 15.6 Å². The lowest BCUT2D eigenvalue weighted by molar-refractivity contribution is -0.148. The van der Waals surface area contributed by atoms with Gasteiger partial charge in [-0.15, -0.1) is 0 Å². The summed E-state index contributed by atoms with van der Waals surface area (Å²) in [4.78, 5) is 23.3. The summed E-state index contributed by atoms with van der Waals surface area (Å²) in [6.07, 6.45) is -1.73. The number of nitrogens with one attached hydrogen (secondary N) is 1. The quantitative estimate of drug-likeness (QED) is 0.399. The van der Waals surface area contributed by atoms with E-state index in [1.54, 1.807) is 18.2 Å². The van der Waals surface area contributed by atoms with Crippen LogP contribution < -0.4 is 5.43 Å². The number of aliphatic hydroxyl groups excluding tert-OH is 1. The highest BCUT2D eigenvalue weighted by molar-refractivity contribution is 6.33. The second kappa shape index (κ2) is 9.40. The molecule has 0 saturated carbocycles. The van der Waals surface area contributed by atoms with Crippen LogP contribution in [0.15, 0.2) is 59.1 Å². The topological polar surface area (TPSA) is 136 Å². The molecule has 3 rings (SSSR count). The minimum atomic E-state index is -1.73. The molecule has 30 heavy (non-hydrogen) atoms. The summed E-state index contributed by atoms with van der Waals surface area (Å²) in [6, 6.07) is 15.7. The molecular weight excluding hydrogens is 414 g/mol. The number of rotatable bonds is 8. The van der Waals surface area contributed by atoms with Crippen molar-refractivity contribution >= 4 is 23.5 Å². The van der Waals surface area contributed by atoms with E-state index in [9.17, 15) is 19.8 Å². The molecule has 156 valence electrons. The summed E-state index contributed by atoms with van der Waals surface area (Å²) in [5, 5.41) is 32.9. The van der Waals surface area contributed by atoms with Crippen LogP contribution in [0, 0.1) is 0 Å². The number of carboxylic acid groups (broad SMARTS) is 1. The smallest absolute Gasteiger partial charge is 0.333 e. The van der Waals surface area contributed by atoms with Gasteiger partial charge in [-0.05, 0) is 22.3 Å². The molecule has 0 saturated heterocycles. The Morgan fingerprint density at radius 1 is 1.17 bits per heavy atom. The summed E-state index contributed by atoms with van der Waals surface area (Å²) in [7, 11) is 0. The summed E-state index contributed by atoms with van der Waals surface area (Å²) < 4.78 is 4.68. The molecule has 0 spiro atoms. The van der Waals surface area contributed by atoms with Crippen LogP contribution in [0.1, 0.15) is 16.1 Å². The zero-order valence-corrected chi connectivity index (χ0v) is 16.3. The van der Waals surface area contributed by atoms with E-state index in [1.807, 2.05) is 30.3 Å². The summed E-state index contributed by atoms with van der Waals surface area (Å²) >= 11 is 6.22. The number of aromatic hydroxyl groups is 1. The van der Waals surface area contributed by atoms with E-state index in [2.05, 4.69) is 15.1 Å². The molecule has 0 bridgehead atoms. The van der Waals surface area contributed by atoms with Crippen LogP contribution in [-0.4, -0.2) is 50.0 Å². The number of hydrogen-bond donors (Lipinski definition) is 4. The number of nitrogens with zero attached hydrogens (tertiary/aromatic N) is 2. The first-order valence-electron chi connectivity index (χ1n) is 8.80. The highest BCUT2D eigenvalue weighted by Gasteiger charge is 2.22. The van der Waals surface area contributed by atoms with Gasteiger partial charge in [0, 0.05) is 17.1 Å². The molecule has 1 heterocycles. The van der Waals surface area contributed by atoms with Crippen molar-refractivity contribution in [2.45, 2.75) is 12.6 Å². The number of hydrazine groups is 1. The number of aromatic nitrogens is 1. The predicted octanol–water partition coefficient (Wildman–Crippen LogP) is 2.29. The molecule has 0 radical (unpaired) electrons. The van der Waals surface area contributed by atoms with Gasteiger partial charge in [0.05, 0.1) is 12.6 Å². The summed E-state index contributed by atoms with van der Waals surface area (Å²) in [5.41, 5.74) is 4.94. The molecule has 0 aliphatic heterocycles. The fourth-order valence-electron chi connectivity index (χ4n) is 2.71. The van der Waals surface area contributed by atoms with Crippen molar-refractivity contribution in [3.05, 3.63) is 70.9 Å². The predicted molar refractivity (Wildman–Crippen MR) is 107 cm³/mol. The van der Waals surface area contributed by atoms with Crippen LogP contribution in [-0.2, 0) is 11.3 Å². The maximum absolute atomic E-state index is 12.2. The number of carboxylic acids is 1. The Morgan fingerprint density at radius 2 is 1.87 bits per heavy atom. The Bertz CT molecular complexity index is 1040. The second-order valence-corrected chi connectivity index (χ2v) is 6.81. The zero-order chi connectivity index (χ0) is 21.7. The van der Waals surface area contributed by atoms with Crippen molar-refractivity contribution in [1.29, 1.82) is 0 Å². The van der Waals surface area contributed by atoms with E-state index < -0.39 is 23.9 Å². The van der Waals surface area contributed by atoms with Gasteiger partial charge in [-0.1, -0.05) is 54.1 Å². The molecule has 3 aromatic rings. The fraction of sp³-hybridized carbons (Fsp3) is 0.150. The van der Waals surface area contributed by atoms with E-state index in [4.69, 9.17) is 16.7 Å². The number of hydrogen-bond acceptors (Lipinski definition) is 7. The van der Waals surface area contributed by atoms with Crippen molar-refractivity contribution in [3.63, 3.8) is 0 Å². The van der Waals surface area contributed by atoms with Gasteiger partial charge in [0.15, 0.2) is 6.10 Å². The van der Waals surface area contributed by atoms with Gasteiger partial charge in [0.2, 0.25) is 5.76 Å². The Morgan fingerprint density at radius 3 is 2.47 bits per heavy atom. The van der Waals surface area contributed by atoms with E-state index in [0.717, 1.165) is 22.8 Å². The molecule has 0 fully saturated rings. The fourth-order valence-corrected chi connectivity index (χ4v) is 2.96. The molecule has 2 aromatic carbocycles. The van der Waals surface area contributed by atoms with Crippen molar-refractivity contribution in [2.24, 2.45) is 0 Å². The molecule has 1 atom stereocenters. The SMILES string of the molecule is O=C(NN(Cc1ccc(-c2ccccc2Cl)cc1)CC(O)C(=O)O)c1cc(O)no1. The lowest BCUT2D eigenvalue weighted by Crippen LogP contribution is -2.47. The molecule has 0 aliphatic rings. The Kier molecular flexibility index (Phi) is 6.68. The largest absolute Gasteiger partial charge is 0.491 e. The third kappa shape index (κ3) is 5.35. The van der Waals surface area contributed by atoms with Gasteiger partial charge in [-0.2, -0.15) is 0 Å². The van der Waals surface area contributed by atoms with Crippen LogP contribution in [0.25, 0.3) is 11.1 Å². The van der Waals surface area contributed by atoms with Gasteiger partial charge in [0.25, 0.3) is 5.88 Å². The second-order valence-electron chi connectivity index (χ2n) is 6.40. The molecule has 9 nitrogen and oxygen atoms in total. The first-order valence-corrected chi connectivity index (χ1v) is 9.17.